The van der Waals surface area contributed by atoms with Gasteiger partial charge in [-0.05, 0) is 66.6 Å². The van der Waals surface area contributed by atoms with Gasteiger partial charge in [0.25, 0.3) is 0 Å². The van der Waals surface area contributed by atoms with E-state index in [0.29, 0.717) is 6.54 Å². The maximum atomic E-state index is 13.0. The highest BCUT2D eigenvalue weighted by Gasteiger charge is 2.31. The van der Waals surface area contributed by atoms with Crippen LogP contribution in [0, 0.1) is 11.8 Å². The predicted molar refractivity (Wildman–Crippen MR) is 132 cm³/mol. The van der Waals surface area contributed by atoms with Crippen LogP contribution in [0.25, 0.3) is 0 Å². The number of carboxylic acids is 1. The number of hydrogen-bond donors (Lipinski definition) is 2. The van der Waals surface area contributed by atoms with E-state index in [-0.39, 0.29) is 30.7 Å². The zero-order valence-electron chi connectivity index (χ0n) is 19.5. The predicted octanol–water partition coefficient (Wildman–Crippen LogP) is 5.73. The summed E-state index contributed by atoms with van der Waals surface area (Å²) in [5.41, 5.74) is 2.19. The van der Waals surface area contributed by atoms with E-state index in [1.54, 1.807) is 38.5 Å². The van der Waals surface area contributed by atoms with Crippen LogP contribution < -0.4 is 14.8 Å². The molecule has 2 aromatic rings. The van der Waals surface area contributed by atoms with Crippen LogP contribution in [0.15, 0.2) is 42.5 Å². The van der Waals surface area contributed by atoms with Gasteiger partial charge in [0.05, 0.1) is 19.8 Å². The molecule has 6 nitrogen and oxygen atoms in total. The van der Waals surface area contributed by atoms with Crippen LogP contribution in [0.2, 0.25) is 0 Å². The Labute approximate surface area is 198 Å². The van der Waals surface area contributed by atoms with E-state index in [2.05, 4.69) is 5.32 Å². The lowest BCUT2D eigenvalue weighted by molar-refractivity contribution is -0.127. The number of carbonyl (C=O) groups excluding carboxylic acids is 1. The fourth-order valence-corrected chi connectivity index (χ4v) is 4.21. The average molecular weight is 458 g/mol. The molecule has 2 aromatic carbocycles. The first kappa shape index (κ1) is 28.0. The fourth-order valence-electron chi connectivity index (χ4n) is 4.21. The molecule has 2 N–H and O–H groups in total. The molecule has 182 valence electrons. The minimum atomic E-state index is -0.955. The highest BCUT2D eigenvalue weighted by molar-refractivity contribution is 5.87. The highest BCUT2D eigenvalue weighted by atomic mass is 16.5. The Bertz CT molecular complexity index is 879. The molecule has 6 heteroatoms. The van der Waals surface area contributed by atoms with E-state index in [0.717, 1.165) is 54.7 Å². The number of ether oxygens (including phenoxy) is 2. The van der Waals surface area contributed by atoms with Gasteiger partial charge in [0.1, 0.15) is 11.5 Å². The fraction of sp³-hybridized carbons (Fsp3) is 0.481. The van der Waals surface area contributed by atoms with E-state index in [1.807, 2.05) is 32.0 Å². The van der Waals surface area contributed by atoms with Crippen LogP contribution in [0.3, 0.4) is 0 Å². The van der Waals surface area contributed by atoms with E-state index < -0.39 is 5.97 Å². The van der Waals surface area contributed by atoms with Crippen molar-refractivity contribution in [3.8, 4) is 11.5 Å². The Kier molecular flexibility index (Phi) is 12.0. The Balaban J connectivity index is 0.00000177. The molecule has 0 aliphatic heterocycles. The third-order valence-electron chi connectivity index (χ3n) is 5.88. The number of carboxylic acid groups (broad SMARTS) is 1. The van der Waals surface area contributed by atoms with Crippen molar-refractivity contribution in [2.24, 2.45) is 11.8 Å². The Morgan fingerprint density at radius 3 is 2.27 bits per heavy atom. The van der Waals surface area contributed by atoms with E-state index in [1.165, 1.54) is 0 Å². The second-order valence-corrected chi connectivity index (χ2v) is 7.75. The van der Waals surface area contributed by atoms with Crippen LogP contribution in [-0.4, -0.2) is 31.2 Å². The highest BCUT2D eigenvalue weighted by Crippen LogP contribution is 2.36. The molecule has 2 atom stereocenters. The Morgan fingerprint density at radius 2 is 1.67 bits per heavy atom. The van der Waals surface area contributed by atoms with Crippen LogP contribution in [0.5, 0.6) is 11.5 Å². The maximum absolute atomic E-state index is 13.0. The van der Waals surface area contributed by atoms with Crippen molar-refractivity contribution in [1.29, 1.82) is 0 Å². The van der Waals surface area contributed by atoms with Crippen molar-refractivity contribution >= 4 is 11.9 Å². The summed E-state index contributed by atoms with van der Waals surface area (Å²) in [7, 11) is 3.30. The molecule has 0 saturated heterocycles. The molecule has 1 fully saturated rings. The van der Waals surface area contributed by atoms with Gasteiger partial charge in [-0.25, -0.2) is 4.79 Å². The summed E-state index contributed by atoms with van der Waals surface area (Å²) in [4.78, 5) is 23.9. The summed E-state index contributed by atoms with van der Waals surface area (Å²) in [5, 5.41) is 12.0. The number of nitrogens with one attached hydrogen (secondary N) is 1. The first-order chi connectivity index (χ1) is 15.5. The summed E-state index contributed by atoms with van der Waals surface area (Å²) in [6.45, 7) is 4.39. The first-order valence-electron chi connectivity index (χ1n) is 11.3. The number of rotatable bonds is 8. The lowest BCUT2D eigenvalue weighted by Crippen LogP contribution is -2.37. The minimum Gasteiger partial charge on any atom is -0.497 e. The van der Waals surface area contributed by atoms with Crippen molar-refractivity contribution in [3.05, 3.63) is 59.2 Å². The zero-order chi connectivity index (χ0) is 23.5. The SMILES string of the molecule is C.CC.COc1ccc(OC)c(CC2CCCCC2C(=O)NCc2ccc(C(=O)O)cc2)c1. The molecular formula is C27H39NO5. The number of carbonyl (C=O) groups is 2. The molecule has 3 rings (SSSR count). The average Bonchev–Trinajstić information content (AvgIpc) is 2.84. The smallest absolute Gasteiger partial charge is 0.335 e. The van der Waals surface area contributed by atoms with Crippen molar-refractivity contribution in [2.45, 2.75) is 59.9 Å². The molecule has 2 unspecified atom stereocenters. The monoisotopic (exact) mass is 457 g/mol. The van der Waals surface area contributed by atoms with E-state index in [9.17, 15) is 9.59 Å². The molecule has 1 aliphatic rings. The van der Waals surface area contributed by atoms with Gasteiger partial charge in [-0.15, -0.1) is 0 Å². The second kappa shape index (κ2) is 14.2. The van der Waals surface area contributed by atoms with Crippen molar-refractivity contribution in [2.75, 3.05) is 14.2 Å². The normalized spacial score (nSPS) is 17.0. The molecule has 1 aliphatic carbocycles. The van der Waals surface area contributed by atoms with Gasteiger partial charge < -0.3 is 19.9 Å². The summed E-state index contributed by atoms with van der Waals surface area (Å²) in [5.74, 6) is 0.904. The standard InChI is InChI=1S/C24H29NO5.C2H6.CH4/c1-29-20-11-12-22(30-2)19(14-20)13-18-5-3-4-6-21(18)23(26)25-15-16-7-9-17(10-8-16)24(27)28;1-2;/h7-12,14,18,21H,3-6,13,15H2,1-2H3,(H,25,26)(H,27,28);1-2H3;1H4. The molecular weight excluding hydrogens is 418 g/mol. The topological polar surface area (TPSA) is 84.9 Å². The number of methoxy groups -OCH3 is 2. The van der Waals surface area contributed by atoms with Gasteiger partial charge in [-0.2, -0.15) is 0 Å². The molecule has 0 spiro atoms. The zero-order valence-corrected chi connectivity index (χ0v) is 19.5. The number of benzene rings is 2. The van der Waals surface area contributed by atoms with Gasteiger partial charge in [-0.1, -0.05) is 46.2 Å². The third-order valence-corrected chi connectivity index (χ3v) is 5.88. The summed E-state index contributed by atoms with van der Waals surface area (Å²) >= 11 is 0. The summed E-state index contributed by atoms with van der Waals surface area (Å²) in [6, 6.07) is 12.4. The Hall–Kier alpha value is -3.02. The Morgan fingerprint density at radius 1 is 1.00 bits per heavy atom. The van der Waals surface area contributed by atoms with Crippen LogP contribution in [0.1, 0.15) is 68.4 Å². The van der Waals surface area contributed by atoms with Gasteiger partial charge in [0.2, 0.25) is 5.91 Å². The maximum Gasteiger partial charge on any atom is 0.335 e. The van der Waals surface area contributed by atoms with Crippen molar-refractivity contribution < 1.29 is 24.2 Å². The van der Waals surface area contributed by atoms with E-state index in [4.69, 9.17) is 14.6 Å². The molecule has 1 amide bonds. The molecule has 33 heavy (non-hydrogen) atoms. The number of aromatic carboxylic acids is 1. The largest absolute Gasteiger partial charge is 0.497 e. The second-order valence-electron chi connectivity index (χ2n) is 7.75. The first-order valence-corrected chi connectivity index (χ1v) is 11.3. The van der Waals surface area contributed by atoms with Crippen molar-refractivity contribution in [3.63, 3.8) is 0 Å². The lowest BCUT2D eigenvalue weighted by Gasteiger charge is -2.31. The summed E-state index contributed by atoms with van der Waals surface area (Å²) in [6.07, 6.45) is 4.83. The number of hydrogen-bond acceptors (Lipinski definition) is 4. The molecule has 0 radical (unpaired) electrons. The van der Waals surface area contributed by atoms with Crippen LogP contribution >= 0.6 is 0 Å². The molecule has 0 heterocycles. The van der Waals surface area contributed by atoms with Gasteiger partial charge in [-0.3, -0.25) is 4.79 Å². The minimum absolute atomic E-state index is 0. The van der Waals surface area contributed by atoms with Gasteiger partial charge in [0, 0.05) is 12.5 Å². The summed E-state index contributed by atoms with van der Waals surface area (Å²) < 4.78 is 10.9. The molecule has 0 bridgehead atoms. The van der Waals surface area contributed by atoms with Crippen LogP contribution in [0.4, 0.5) is 0 Å². The van der Waals surface area contributed by atoms with Crippen molar-refractivity contribution in [1.82, 2.24) is 5.32 Å². The number of amides is 1. The lowest BCUT2D eigenvalue weighted by atomic mass is 9.75. The quantitative estimate of drug-likeness (QED) is 0.529. The van der Waals surface area contributed by atoms with Gasteiger partial charge in [0.15, 0.2) is 0 Å². The van der Waals surface area contributed by atoms with Crippen LogP contribution in [-0.2, 0) is 17.8 Å². The molecule has 1 saturated carbocycles. The molecule has 0 aromatic heterocycles. The van der Waals surface area contributed by atoms with E-state index >= 15 is 0 Å². The van der Waals surface area contributed by atoms with Gasteiger partial charge >= 0.3 is 5.97 Å². The third kappa shape index (κ3) is 7.81.